The fourth-order valence-electron chi connectivity index (χ4n) is 4.12. The summed E-state index contributed by atoms with van der Waals surface area (Å²) in [6.45, 7) is 7.07. The Morgan fingerprint density at radius 1 is 1.06 bits per heavy atom. The first kappa shape index (κ1) is 25.1. The van der Waals surface area contributed by atoms with E-state index < -0.39 is 10.0 Å². The summed E-state index contributed by atoms with van der Waals surface area (Å²) >= 11 is 0. The lowest BCUT2D eigenvalue weighted by Crippen LogP contribution is -2.48. The van der Waals surface area contributed by atoms with E-state index in [4.69, 9.17) is 0 Å². The second kappa shape index (κ2) is 10.2. The van der Waals surface area contributed by atoms with Crippen LogP contribution in [-0.2, 0) is 10.0 Å². The van der Waals surface area contributed by atoms with Gasteiger partial charge >= 0.3 is 0 Å². The molecule has 2 aromatic rings. The Balaban J connectivity index is 1.65. The van der Waals surface area contributed by atoms with Crippen molar-refractivity contribution in [1.82, 2.24) is 14.5 Å². The highest BCUT2D eigenvalue weighted by molar-refractivity contribution is 7.89. The smallest absolute Gasteiger partial charge is 0.251 e. The van der Waals surface area contributed by atoms with Gasteiger partial charge < -0.3 is 15.1 Å². The van der Waals surface area contributed by atoms with Gasteiger partial charge in [0.1, 0.15) is 5.82 Å². The number of anilines is 1. The minimum atomic E-state index is -3.73. The summed E-state index contributed by atoms with van der Waals surface area (Å²) in [4.78, 5) is 16.9. The van der Waals surface area contributed by atoms with E-state index in [1.807, 2.05) is 19.0 Å². The van der Waals surface area contributed by atoms with Crippen molar-refractivity contribution in [2.75, 3.05) is 58.3 Å². The van der Waals surface area contributed by atoms with Crippen LogP contribution in [0.1, 0.15) is 24.2 Å². The molecule has 2 aromatic carbocycles. The van der Waals surface area contributed by atoms with Gasteiger partial charge in [-0.05, 0) is 62.0 Å². The number of piperazine rings is 1. The number of rotatable bonds is 8. The van der Waals surface area contributed by atoms with Crippen LogP contribution in [0, 0.1) is 11.2 Å². The van der Waals surface area contributed by atoms with E-state index in [-0.39, 0.29) is 22.0 Å². The number of benzene rings is 2. The Morgan fingerprint density at radius 3 is 2.30 bits per heavy atom. The van der Waals surface area contributed by atoms with E-state index in [9.17, 15) is 17.6 Å². The molecule has 1 aliphatic rings. The van der Waals surface area contributed by atoms with Gasteiger partial charge in [-0.3, -0.25) is 4.79 Å². The van der Waals surface area contributed by atoms with E-state index in [1.165, 1.54) is 28.6 Å². The lowest BCUT2D eigenvalue weighted by atomic mass is 9.93. The van der Waals surface area contributed by atoms with Crippen molar-refractivity contribution in [3.05, 3.63) is 59.9 Å². The first-order valence-electron chi connectivity index (χ1n) is 11.0. The van der Waals surface area contributed by atoms with Gasteiger partial charge in [0, 0.05) is 50.5 Å². The van der Waals surface area contributed by atoms with Gasteiger partial charge in [0.25, 0.3) is 5.91 Å². The topological polar surface area (TPSA) is 73.0 Å². The number of carbonyl (C=O) groups excluding carboxylic acids is 1. The van der Waals surface area contributed by atoms with Gasteiger partial charge in [-0.25, -0.2) is 12.8 Å². The number of halogens is 1. The van der Waals surface area contributed by atoms with E-state index in [0.29, 0.717) is 38.3 Å². The predicted molar refractivity (Wildman–Crippen MR) is 128 cm³/mol. The van der Waals surface area contributed by atoms with Gasteiger partial charge in [-0.15, -0.1) is 0 Å². The highest BCUT2D eigenvalue weighted by Crippen LogP contribution is 2.22. The molecule has 0 atom stereocenters. The zero-order valence-corrected chi connectivity index (χ0v) is 20.5. The largest absolute Gasteiger partial charge is 0.369 e. The van der Waals surface area contributed by atoms with Crippen molar-refractivity contribution in [1.29, 1.82) is 0 Å². The van der Waals surface area contributed by atoms with Gasteiger partial charge in [0.2, 0.25) is 10.0 Å². The van der Waals surface area contributed by atoms with Crippen LogP contribution in [0.5, 0.6) is 0 Å². The van der Waals surface area contributed by atoms with Gasteiger partial charge in [-0.2, -0.15) is 4.31 Å². The molecular weight excluding hydrogens is 443 g/mol. The molecule has 180 valence electrons. The van der Waals surface area contributed by atoms with Gasteiger partial charge in [0.05, 0.1) is 4.90 Å². The van der Waals surface area contributed by atoms with Crippen LogP contribution >= 0.6 is 0 Å². The third-order valence-electron chi connectivity index (χ3n) is 5.64. The quantitative estimate of drug-likeness (QED) is 0.634. The second-order valence-electron chi connectivity index (χ2n) is 9.48. The number of sulfonamides is 1. The average Bonchev–Trinajstić information content (AvgIpc) is 2.77. The Morgan fingerprint density at radius 2 is 1.70 bits per heavy atom. The maximum atomic E-state index is 13.2. The molecular formula is C24H33FN4O3S. The molecule has 33 heavy (non-hydrogen) atoms. The Labute approximate surface area is 196 Å². The molecule has 1 heterocycles. The third kappa shape index (κ3) is 6.52. The summed E-state index contributed by atoms with van der Waals surface area (Å²) in [7, 11) is 0.237. The number of hydrogen-bond donors (Lipinski definition) is 1. The highest BCUT2D eigenvalue weighted by Gasteiger charge is 2.29. The van der Waals surface area contributed by atoms with E-state index in [0.717, 1.165) is 12.2 Å². The van der Waals surface area contributed by atoms with Crippen molar-refractivity contribution in [2.24, 2.45) is 5.41 Å². The Bertz CT molecular complexity index is 1060. The number of carbonyl (C=O) groups is 1. The molecule has 1 saturated heterocycles. The van der Waals surface area contributed by atoms with Crippen LogP contribution in [0.2, 0.25) is 0 Å². The molecule has 1 fully saturated rings. The lowest BCUT2D eigenvalue weighted by Gasteiger charge is -2.35. The number of nitrogens with zero attached hydrogens (tertiary/aromatic N) is 3. The predicted octanol–water partition coefficient (Wildman–Crippen LogP) is 2.65. The van der Waals surface area contributed by atoms with Crippen LogP contribution in [-0.4, -0.2) is 76.9 Å². The molecule has 3 rings (SSSR count). The molecule has 1 N–H and O–H groups in total. The van der Waals surface area contributed by atoms with E-state index >= 15 is 0 Å². The molecule has 9 heteroatoms. The third-order valence-corrected chi connectivity index (χ3v) is 7.53. The van der Waals surface area contributed by atoms with Gasteiger partial charge in [-0.1, -0.05) is 19.9 Å². The SMILES string of the molecule is CN(C)CC(C)(C)CNC(=O)c1cccc(S(=O)(=O)N2CCN(c3ccc(F)cc3)CC2)c1. The monoisotopic (exact) mass is 476 g/mol. The highest BCUT2D eigenvalue weighted by atomic mass is 32.2. The average molecular weight is 477 g/mol. The van der Waals surface area contributed by atoms with Crippen LogP contribution in [0.25, 0.3) is 0 Å². The van der Waals surface area contributed by atoms with Crippen molar-refractivity contribution >= 4 is 21.6 Å². The zero-order chi connectivity index (χ0) is 24.2. The molecule has 0 spiro atoms. The van der Waals surface area contributed by atoms with Crippen molar-refractivity contribution in [3.8, 4) is 0 Å². The number of nitrogens with one attached hydrogen (secondary N) is 1. The van der Waals surface area contributed by atoms with Crippen LogP contribution < -0.4 is 10.2 Å². The lowest BCUT2D eigenvalue weighted by molar-refractivity contribution is 0.0929. The fourth-order valence-corrected chi connectivity index (χ4v) is 5.59. The van der Waals surface area contributed by atoms with Crippen molar-refractivity contribution < 1.29 is 17.6 Å². The minimum Gasteiger partial charge on any atom is -0.369 e. The molecule has 0 saturated carbocycles. The molecule has 0 bridgehead atoms. The Hall–Kier alpha value is -2.49. The molecule has 0 aromatic heterocycles. The standard InChI is InChI=1S/C24H33FN4O3S/c1-24(2,18-27(3)4)17-26-23(30)19-6-5-7-22(16-19)33(31,32)29-14-12-28(13-15-29)21-10-8-20(25)9-11-21/h5-11,16H,12-15,17-18H2,1-4H3,(H,26,30). The second-order valence-corrected chi connectivity index (χ2v) is 11.4. The summed E-state index contributed by atoms with van der Waals surface area (Å²) in [6.07, 6.45) is 0. The van der Waals surface area contributed by atoms with Crippen LogP contribution in [0.15, 0.2) is 53.4 Å². The normalized spacial score (nSPS) is 15.6. The zero-order valence-electron chi connectivity index (χ0n) is 19.7. The van der Waals surface area contributed by atoms with E-state index in [1.54, 1.807) is 24.3 Å². The maximum absolute atomic E-state index is 13.2. The molecule has 0 aliphatic carbocycles. The summed E-state index contributed by atoms with van der Waals surface area (Å²) in [5.41, 5.74) is 1.07. The van der Waals surface area contributed by atoms with E-state index in [2.05, 4.69) is 24.1 Å². The first-order chi connectivity index (χ1) is 15.5. The van der Waals surface area contributed by atoms with Crippen LogP contribution in [0.4, 0.5) is 10.1 Å². The fraction of sp³-hybridized carbons (Fsp3) is 0.458. The van der Waals surface area contributed by atoms with Crippen LogP contribution in [0.3, 0.4) is 0 Å². The summed E-state index contributed by atoms with van der Waals surface area (Å²) in [5, 5.41) is 2.92. The first-order valence-corrected chi connectivity index (χ1v) is 12.5. The number of amides is 1. The molecule has 7 nitrogen and oxygen atoms in total. The minimum absolute atomic E-state index is 0.109. The van der Waals surface area contributed by atoms with Crippen molar-refractivity contribution in [2.45, 2.75) is 18.7 Å². The maximum Gasteiger partial charge on any atom is 0.251 e. The summed E-state index contributed by atoms with van der Waals surface area (Å²) in [6, 6.07) is 12.4. The van der Waals surface area contributed by atoms with Crippen molar-refractivity contribution in [3.63, 3.8) is 0 Å². The molecule has 1 amide bonds. The molecule has 0 unspecified atom stereocenters. The summed E-state index contributed by atoms with van der Waals surface area (Å²) in [5.74, 6) is -0.592. The number of hydrogen-bond acceptors (Lipinski definition) is 5. The Kier molecular flexibility index (Phi) is 7.76. The van der Waals surface area contributed by atoms with Gasteiger partial charge in [0.15, 0.2) is 0 Å². The summed E-state index contributed by atoms with van der Waals surface area (Å²) < 4.78 is 41.0. The molecule has 0 radical (unpaired) electrons. The molecule has 1 aliphatic heterocycles.